The van der Waals surface area contributed by atoms with Crippen LogP contribution in [0.15, 0.2) is 67.0 Å². The second kappa shape index (κ2) is 7.61. The standard InChI is InChI=1S/C19H17N7O/c27-19(15-6-1-3-10-20-15)22-12-11-21-17-9-5-7-14(23-17)18-16-8-2-4-13-26(16)25-24-18/h1-10,13H,11-12H2,(H,21,23)(H,22,27). The lowest BCUT2D eigenvalue weighted by Crippen LogP contribution is -2.29. The number of carbonyl (C=O) groups excluding carboxylic acids is 1. The third-order valence-corrected chi connectivity index (χ3v) is 3.93. The Bertz CT molecular complexity index is 1060. The third kappa shape index (κ3) is 3.74. The molecule has 4 aromatic rings. The maximum Gasteiger partial charge on any atom is 0.269 e. The van der Waals surface area contributed by atoms with Crippen LogP contribution in [0, 0.1) is 0 Å². The first kappa shape index (κ1) is 16.6. The van der Waals surface area contributed by atoms with Crippen molar-refractivity contribution < 1.29 is 4.79 Å². The highest BCUT2D eigenvalue weighted by molar-refractivity contribution is 5.92. The van der Waals surface area contributed by atoms with E-state index in [1.165, 1.54) is 0 Å². The fraction of sp³-hybridized carbons (Fsp3) is 0.105. The lowest BCUT2D eigenvalue weighted by Gasteiger charge is -2.08. The summed E-state index contributed by atoms with van der Waals surface area (Å²) in [5.41, 5.74) is 2.75. The third-order valence-electron chi connectivity index (χ3n) is 3.93. The molecule has 2 N–H and O–H groups in total. The summed E-state index contributed by atoms with van der Waals surface area (Å²) in [6, 6.07) is 16.7. The molecule has 4 heterocycles. The minimum atomic E-state index is -0.199. The van der Waals surface area contributed by atoms with Crippen LogP contribution in [-0.2, 0) is 0 Å². The highest BCUT2D eigenvalue weighted by atomic mass is 16.1. The number of fused-ring (bicyclic) bond motifs is 1. The molecular weight excluding hydrogens is 342 g/mol. The van der Waals surface area contributed by atoms with Gasteiger partial charge in [-0.15, -0.1) is 5.10 Å². The van der Waals surface area contributed by atoms with Crippen molar-refractivity contribution >= 4 is 17.2 Å². The molecule has 0 atom stereocenters. The fourth-order valence-electron chi connectivity index (χ4n) is 2.65. The molecule has 0 saturated carbocycles. The van der Waals surface area contributed by atoms with E-state index in [-0.39, 0.29) is 5.91 Å². The molecule has 0 aliphatic heterocycles. The van der Waals surface area contributed by atoms with Gasteiger partial charge in [-0.1, -0.05) is 23.4 Å². The van der Waals surface area contributed by atoms with Crippen molar-refractivity contribution in [3.05, 3.63) is 72.7 Å². The van der Waals surface area contributed by atoms with Crippen LogP contribution in [0.3, 0.4) is 0 Å². The zero-order valence-electron chi connectivity index (χ0n) is 14.4. The van der Waals surface area contributed by atoms with Crippen LogP contribution < -0.4 is 10.6 Å². The van der Waals surface area contributed by atoms with E-state index in [4.69, 9.17) is 0 Å². The van der Waals surface area contributed by atoms with Crippen molar-refractivity contribution in [1.82, 2.24) is 30.1 Å². The van der Waals surface area contributed by atoms with Crippen LogP contribution in [0.4, 0.5) is 5.82 Å². The molecular formula is C19H17N7O. The number of hydrogen-bond donors (Lipinski definition) is 2. The molecule has 0 aliphatic carbocycles. The molecule has 4 rings (SSSR count). The van der Waals surface area contributed by atoms with Gasteiger partial charge in [0.15, 0.2) is 0 Å². The predicted molar refractivity (Wildman–Crippen MR) is 101 cm³/mol. The first-order chi connectivity index (χ1) is 13.3. The molecule has 1 amide bonds. The number of nitrogens with zero attached hydrogens (tertiary/aromatic N) is 5. The zero-order valence-corrected chi connectivity index (χ0v) is 14.4. The Morgan fingerprint density at radius 1 is 1.00 bits per heavy atom. The predicted octanol–water partition coefficient (Wildman–Crippen LogP) is 2.03. The molecule has 0 aromatic carbocycles. The van der Waals surface area contributed by atoms with Crippen molar-refractivity contribution in [3.63, 3.8) is 0 Å². The molecule has 0 radical (unpaired) electrons. The topological polar surface area (TPSA) is 97.1 Å². The SMILES string of the molecule is O=C(NCCNc1cccc(-c2nnn3ccccc23)n1)c1ccccn1. The molecule has 4 aromatic heterocycles. The summed E-state index contributed by atoms with van der Waals surface area (Å²) in [5, 5.41) is 14.3. The molecule has 134 valence electrons. The lowest BCUT2D eigenvalue weighted by molar-refractivity contribution is 0.0950. The fourth-order valence-corrected chi connectivity index (χ4v) is 2.65. The monoisotopic (exact) mass is 359 g/mol. The first-order valence-corrected chi connectivity index (χ1v) is 8.52. The summed E-state index contributed by atoms with van der Waals surface area (Å²) >= 11 is 0. The van der Waals surface area contributed by atoms with Crippen molar-refractivity contribution in [2.75, 3.05) is 18.4 Å². The van der Waals surface area contributed by atoms with Crippen LogP contribution in [0.25, 0.3) is 16.9 Å². The van der Waals surface area contributed by atoms with Crippen molar-refractivity contribution in [2.24, 2.45) is 0 Å². The van der Waals surface area contributed by atoms with Gasteiger partial charge in [-0.2, -0.15) is 0 Å². The summed E-state index contributed by atoms with van der Waals surface area (Å²) in [6.07, 6.45) is 3.44. The van der Waals surface area contributed by atoms with Gasteiger partial charge in [-0.3, -0.25) is 9.78 Å². The van der Waals surface area contributed by atoms with Crippen molar-refractivity contribution in [1.29, 1.82) is 0 Å². The van der Waals surface area contributed by atoms with E-state index in [0.717, 1.165) is 16.9 Å². The van der Waals surface area contributed by atoms with E-state index in [9.17, 15) is 4.79 Å². The molecule has 8 heteroatoms. The second-order valence-corrected chi connectivity index (χ2v) is 5.77. The van der Waals surface area contributed by atoms with Gasteiger partial charge in [0.25, 0.3) is 5.91 Å². The summed E-state index contributed by atoms with van der Waals surface area (Å²) in [6.45, 7) is 0.994. The van der Waals surface area contributed by atoms with Gasteiger partial charge >= 0.3 is 0 Å². The van der Waals surface area contributed by atoms with E-state index in [2.05, 4.69) is 30.9 Å². The maximum absolute atomic E-state index is 12.0. The normalized spacial score (nSPS) is 10.7. The highest BCUT2D eigenvalue weighted by Crippen LogP contribution is 2.21. The van der Waals surface area contributed by atoms with Gasteiger partial charge in [0.1, 0.15) is 17.2 Å². The number of hydrogen-bond acceptors (Lipinski definition) is 6. The Morgan fingerprint density at radius 3 is 2.81 bits per heavy atom. The van der Waals surface area contributed by atoms with Gasteiger partial charge in [-0.25, -0.2) is 9.50 Å². The number of nitrogens with one attached hydrogen (secondary N) is 2. The summed E-state index contributed by atoms with van der Waals surface area (Å²) in [4.78, 5) is 20.6. The molecule has 8 nitrogen and oxygen atoms in total. The Kier molecular flexibility index (Phi) is 4.69. The smallest absolute Gasteiger partial charge is 0.269 e. The number of rotatable bonds is 6. The largest absolute Gasteiger partial charge is 0.368 e. The van der Waals surface area contributed by atoms with Gasteiger partial charge in [0.2, 0.25) is 0 Å². The average molecular weight is 359 g/mol. The highest BCUT2D eigenvalue weighted by Gasteiger charge is 2.10. The number of anilines is 1. The number of amides is 1. The second-order valence-electron chi connectivity index (χ2n) is 5.77. The maximum atomic E-state index is 12.0. The minimum Gasteiger partial charge on any atom is -0.368 e. The summed E-state index contributed by atoms with van der Waals surface area (Å²) in [7, 11) is 0. The van der Waals surface area contributed by atoms with E-state index < -0.39 is 0 Å². The quantitative estimate of drug-likeness (QED) is 0.511. The van der Waals surface area contributed by atoms with Gasteiger partial charge in [-0.05, 0) is 36.4 Å². The first-order valence-electron chi connectivity index (χ1n) is 8.52. The van der Waals surface area contributed by atoms with Crippen LogP contribution in [-0.4, -0.2) is 43.8 Å². The van der Waals surface area contributed by atoms with E-state index >= 15 is 0 Å². The number of pyridine rings is 3. The summed E-state index contributed by atoms with van der Waals surface area (Å²) in [5.74, 6) is 0.506. The van der Waals surface area contributed by atoms with Gasteiger partial charge in [0, 0.05) is 25.5 Å². The summed E-state index contributed by atoms with van der Waals surface area (Å²) < 4.78 is 1.71. The molecule has 0 saturated heterocycles. The zero-order chi connectivity index (χ0) is 18.5. The molecule has 27 heavy (non-hydrogen) atoms. The van der Waals surface area contributed by atoms with Gasteiger partial charge in [0.05, 0.1) is 11.2 Å². The Labute approximate surface area is 155 Å². The van der Waals surface area contributed by atoms with Crippen LogP contribution in [0.1, 0.15) is 10.5 Å². The lowest BCUT2D eigenvalue weighted by atomic mass is 10.2. The van der Waals surface area contributed by atoms with Crippen LogP contribution in [0.5, 0.6) is 0 Å². The Hall–Kier alpha value is -3.81. The number of carbonyl (C=O) groups is 1. The Morgan fingerprint density at radius 2 is 1.93 bits per heavy atom. The van der Waals surface area contributed by atoms with Crippen molar-refractivity contribution in [2.45, 2.75) is 0 Å². The average Bonchev–Trinajstić information content (AvgIpc) is 3.16. The molecule has 0 unspecified atom stereocenters. The number of aromatic nitrogens is 5. The molecule has 0 spiro atoms. The van der Waals surface area contributed by atoms with E-state index in [0.29, 0.717) is 24.6 Å². The van der Waals surface area contributed by atoms with Crippen LogP contribution in [0.2, 0.25) is 0 Å². The van der Waals surface area contributed by atoms with Crippen molar-refractivity contribution in [3.8, 4) is 11.4 Å². The van der Waals surface area contributed by atoms with E-state index in [1.54, 1.807) is 28.9 Å². The van der Waals surface area contributed by atoms with E-state index in [1.807, 2.05) is 42.6 Å². The molecule has 0 fully saturated rings. The van der Waals surface area contributed by atoms with Crippen LogP contribution >= 0.6 is 0 Å². The minimum absolute atomic E-state index is 0.199. The van der Waals surface area contributed by atoms with Gasteiger partial charge < -0.3 is 10.6 Å². The molecule has 0 bridgehead atoms. The Balaban J connectivity index is 1.38. The molecule has 0 aliphatic rings.